The lowest BCUT2D eigenvalue weighted by Gasteiger charge is -2.44. The van der Waals surface area contributed by atoms with Crippen LogP contribution in [0.15, 0.2) is 10.6 Å². The predicted octanol–water partition coefficient (Wildman–Crippen LogP) is 8.15. The summed E-state index contributed by atoms with van der Waals surface area (Å²) < 4.78 is 6.42. The van der Waals surface area contributed by atoms with Crippen LogP contribution in [-0.2, 0) is 9.22 Å². The molecule has 2 saturated carbocycles. The molecule has 1 unspecified atom stereocenters. The second kappa shape index (κ2) is 9.39. The highest BCUT2D eigenvalue weighted by atomic mass is 79.9. The molecule has 0 saturated heterocycles. The molecular weight excluding hydrogens is 456 g/mol. The Kier molecular flexibility index (Phi) is 8.17. The van der Waals surface area contributed by atoms with Gasteiger partial charge < -0.3 is 9.53 Å². The van der Waals surface area contributed by atoms with Crippen LogP contribution in [0.1, 0.15) is 92.9 Å². The summed E-state index contributed by atoms with van der Waals surface area (Å²) in [5, 5.41) is 9.98. The van der Waals surface area contributed by atoms with E-state index in [1.807, 2.05) is 0 Å². The van der Waals surface area contributed by atoms with Crippen molar-refractivity contribution in [1.29, 1.82) is 0 Å². The lowest BCUT2D eigenvalue weighted by Crippen LogP contribution is -2.52. The highest BCUT2D eigenvalue weighted by molar-refractivity contribution is 9.11. The van der Waals surface area contributed by atoms with Crippen molar-refractivity contribution in [2.75, 3.05) is 0 Å². The van der Waals surface area contributed by atoms with Crippen molar-refractivity contribution in [1.82, 2.24) is 0 Å². The third-order valence-electron chi connectivity index (χ3n) is 8.92. The van der Waals surface area contributed by atoms with E-state index in [1.54, 1.807) is 12.5 Å². The molecule has 0 amide bonds. The molecule has 2 rings (SSSR count). The van der Waals surface area contributed by atoms with Gasteiger partial charge in [0.05, 0.1) is 0 Å². The van der Waals surface area contributed by atoms with Gasteiger partial charge in [-0.25, -0.2) is 4.79 Å². The monoisotopic (exact) mass is 500 g/mol. The lowest BCUT2D eigenvalue weighted by molar-refractivity contribution is -0.155. The van der Waals surface area contributed by atoms with E-state index < -0.39 is 19.9 Å². The molecule has 2 fully saturated rings. The molecule has 3 nitrogen and oxygen atoms in total. The van der Waals surface area contributed by atoms with E-state index in [9.17, 15) is 9.90 Å². The molecule has 0 aliphatic heterocycles. The molecule has 30 heavy (non-hydrogen) atoms. The number of aliphatic carboxylic acids is 1. The molecule has 0 radical (unpaired) electrons. The van der Waals surface area contributed by atoms with Crippen molar-refractivity contribution in [3.05, 3.63) is 10.6 Å². The molecule has 0 aromatic heterocycles. The smallest absolute Gasteiger partial charge is 0.334 e. The maximum atomic E-state index is 12.2. The fourth-order valence-corrected chi connectivity index (χ4v) is 8.20. The van der Waals surface area contributed by atoms with Gasteiger partial charge in [-0.3, -0.25) is 0 Å². The summed E-state index contributed by atoms with van der Waals surface area (Å²) in [4.78, 5) is 14.3. The zero-order chi connectivity index (χ0) is 23.0. The largest absolute Gasteiger partial charge is 0.479 e. The highest BCUT2D eigenvalue weighted by Crippen LogP contribution is 2.60. The lowest BCUT2D eigenvalue weighted by atomic mass is 9.61. The number of allylic oxidation sites excluding steroid dienone is 1. The third kappa shape index (κ3) is 5.26. The van der Waals surface area contributed by atoms with Gasteiger partial charge >= 0.3 is 5.97 Å². The van der Waals surface area contributed by atoms with Crippen LogP contribution in [0.5, 0.6) is 0 Å². The summed E-state index contributed by atoms with van der Waals surface area (Å²) in [6, 6.07) is 0. The van der Waals surface area contributed by atoms with Gasteiger partial charge in [-0.15, -0.1) is 0 Å². The molecule has 0 bridgehead atoms. The summed E-state index contributed by atoms with van der Waals surface area (Å²) >= 11 is 3.62. The Morgan fingerprint density at radius 1 is 1.33 bits per heavy atom. The molecule has 0 heterocycles. The van der Waals surface area contributed by atoms with Gasteiger partial charge in [-0.2, -0.15) is 0 Å². The van der Waals surface area contributed by atoms with E-state index in [0.29, 0.717) is 17.8 Å². The average Bonchev–Trinajstić information content (AvgIpc) is 2.97. The quantitative estimate of drug-likeness (QED) is 0.341. The second-order valence-electron chi connectivity index (χ2n) is 12.0. The Balaban J connectivity index is 2.01. The van der Waals surface area contributed by atoms with Crippen molar-refractivity contribution in [2.24, 2.45) is 23.2 Å². The molecule has 174 valence electrons. The normalized spacial score (nSPS) is 32.0. The first kappa shape index (κ1) is 26.1. The van der Waals surface area contributed by atoms with Gasteiger partial charge in [0, 0.05) is 0 Å². The molecule has 0 spiro atoms. The first-order chi connectivity index (χ1) is 13.7. The van der Waals surface area contributed by atoms with Gasteiger partial charge in [0.2, 0.25) is 0 Å². The Morgan fingerprint density at radius 3 is 2.50 bits per heavy atom. The fraction of sp³-hybridized carbons (Fsp3) is 0.880. The van der Waals surface area contributed by atoms with E-state index in [2.05, 4.69) is 68.6 Å². The van der Waals surface area contributed by atoms with Crippen molar-refractivity contribution >= 4 is 30.2 Å². The maximum Gasteiger partial charge on any atom is 0.334 e. The van der Waals surface area contributed by atoms with Crippen LogP contribution < -0.4 is 0 Å². The number of carboxylic acids is 1. The van der Waals surface area contributed by atoms with Gasteiger partial charge in [0.25, 0.3) is 0 Å². The van der Waals surface area contributed by atoms with Gasteiger partial charge in [-0.05, 0) is 98.2 Å². The number of fused-ring (bicyclic) bond motifs is 1. The van der Waals surface area contributed by atoms with Crippen LogP contribution in [0, 0.1) is 23.2 Å². The molecule has 2 aliphatic carbocycles. The number of hydrogen-bond donors (Lipinski definition) is 1. The number of carboxylic acid groups (broad SMARTS) is 1. The molecular formula is C25H45BrO3Si. The predicted molar refractivity (Wildman–Crippen MR) is 133 cm³/mol. The zero-order valence-electron chi connectivity index (χ0n) is 20.6. The van der Waals surface area contributed by atoms with Gasteiger partial charge in [0.15, 0.2) is 13.9 Å². The van der Waals surface area contributed by atoms with Crippen LogP contribution in [0.4, 0.5) is 0 Å². The minimum atomic E-state index is -2.14. The van der Waals surface area contributed by atoms with Gasteiger partial charge in [-0.1, -0.05) is 62.5 Å². The number of rotatable bonds is 8. The van der Waals surface area contributed by atoms with Crippen LogP contribution in [0.2, 0.25) is 18.1 Å². The van der Waals surface area contributed by atoms with Crippen LogP contribution in [0.25, 0.3) is 0 Å². The maximum absolute atomic E-state index is 12.2. The summed E-state index contributed by atoms with van der Waals surface area (Å²) in [7, 11) is -2.14. The molecule has 1 N–H and O–H groups in total. The first-order valence-electron chi connectivity index (χ1n) is 11.9. The minimum Gasteiger partial charge on any atom is -0.479 e. The fourth-order valence-electron chi connectivity index (χ4n) is 6.03. The van der Waals surface area contributed by atoms with E-state index >= 15 is 0 Å². The Bertz CT molecular complexity index is 653. The Morgan fingerprint density at radius 2 is 1.97 bits per heavy atom. The van der Waals surface area contributed by atoms with Crippen LogP contribution in [-0.4, -0.2) is 25.0 Å². The molecule has 0 aromatic rings. The van der Waals surface area contributed by atoms with Gasteiger partial charge in [0.1, 0.15) is 0 Å². The Hall–Kier alpha value is -0.133. The second-order valence-corrected chi connectivity index (χ2v) is 17.2. The van der Waals surface area contributed by atoms with E-state index in [0.717, 1.165) is 24.7 Å². The van der Waals surface area contributed by atoms with Crippen molar-refractivity contribution in [3.8, 4) is 0 Å². The van der Waals surface area contributed by atoms with Crippen LogP contribution >= 0.6 is 15.9 Å². The Labute approximate surface area is 194 Å². The number of halogens is 1. The third-order valence-corrected chi connectivity index (χ3v) is 14.1. The molecule has 0 aromatic carbocycles. The topological polar surface area (TPSA) is 46.5 Å². The van der Waals surface area contributed by atoms with E-state index in [4.69, 9.17) is 4.43 Å². The van der Waals surface area contributed by atoms with E-state index in [1.165, 1.54) is 32.1 Å². The first-order valence-corrected chi connectivity index (χ1v) is 15.7. The SMILES string of the molecule is C[C@H](CCC[C@@](C)(O[Si](C)(C)C(C)(C)C)C(=O)O)[C@H]1CCC2/C(=C/Br)CCC[C@@]21C. The summed E-state index contributed by atoms with van der Waals surface area (Å²) in [5.74, 6) is 1.28. The molecule has 2 aliphatic rings. The molecule has 5 heteroatoms. The summed E-state index contributed by atoms with van der Waals surface area (Å²) in [5.41, 5.74) is 0.937. The van der Waals surface area contributed by atoms with E-state index in [-0.39, 0.29) is 5.04 Å². The average molecular weight is 502 g/mol. The summed E-state index contributed by atoms with van der Waals surface area (Å²) in [6.45, 7) is 17.5. The van der Waals surface area contributed by atoms with Crippen LogP contribution in [0.3, 0.4) is 0 Å². The standard InChI is InChI=1S/C25H45BrO3Si/c1-18(20-13-14-21-19(17-26)12-10-15-24(20,21)5)11-9-16-25(6,22(27)28)29-30(7,8)23(2,3)4/h17-18,20-21H,9-16H2,1-8H3,(H,27,28)/b19-17+/t18-,20-,21?,24-,25-/m1/s1. The minimum absolute atomic E-state index is 0.00603. The van der Waals surface area contributed by atoms with Crippen molar-refractivity contribution in [2.45, 2.75) is 117 Å². The molecule has 5 atom stereocenters. The summed E-state index contributed by atoms with van der Waals surface area (Å²) in [6.07, 6.45) is 9.09. The number of hydrogen-bond acceptors (Lipinski definition) is 2. The highest BCUT2D eigenvalue weighted by Gasteiger charge is 2.51. The zero-order valence-corrected chi connectivity index (χ0v) is 23.2. The number of carbonyl (C=O) groups is 1. The van der Waals surface area contributed by atoms with Crippen molar-refractivity contribution < 1.29 is 14.3 Å². The van der Waals surface area contributed by atoms with Crippen molar-refractivity contribution in [3.63, 3.8) is 0 Å².